The van der Waals surface area contributed by atoms with E-state index in [-0.39, 0.29) is 5.60 Å². The van der Waals surface area contributed by atoms with E-state index in [0.29, 0.717) is 11.7 Å². The zero-order valence-electron chi connectivity index (χ0n) is 14.9. The van der Waals surface area contributed by atoms with Crippen LogP contribution in [0.4, 0.5) is 0 Å². The molecule has 2 aromatic heterocycles. The first-order valence-corrected chi connectivity index (χ1v) is 8.69. The summed E-state index contributed by atoms with van der Waals surface area (Å²) in [6.45, 7) is 6.99. The van der Waals surface area contributed by atoms with Crippen LogP contribution in [0.25, 0.3) is 17.1 Å². The average Bonchev–Trinajstić information content (AvgIpc) is 3.23. The molecule has 3 aromatic rings. The fourth-order valence-corrected chi connectivity index (χ4v) is 3.55. The lowest BCUT2D eigenvalue weighted by Gasteiger charge is -2.35. The molecule has 6 heteroatoms. The van der Waals surface area contributed by atoms with Crippen molar-refractivity contribution in [2.24, 2.45) is 0 Å². The Bertz CT molecular complexity index is 879. The number of aromatic nitrogens is 5. The van der Waals surface area contributed by atoms with Gasteiger partial charge in [-0.15, -0.1) is 0 Å². The number of ether oxygens (including phenoxy) is 1. The maximum atomic E-state index is 5.86. The second-order valence-corrected chi connectivity index (χ2v) is 7.25. The monoisotopic (exact) mass is 337 g/mol. The number of benzene rings is 1. The Morgan fingerprint density at radius 3 is 2.96 bits per heavy atom. The first kappa shape index (κ1) is 16.0. The molecule has 0 amide bonds. The van der Waals surface area contributed by atoms with Crippen LogP contribution >= 0.6 is 0 Å². The number of H-pyrrole nitrogens is 1. The predicted octanol–water partition coefficient (Wildman–Crippen LogP) is 3.64. The largest absolute Gasteiger partial charge is 0.376 e. The van der Waals surface area contributed by atoms with Gasteiger partial charge in [-0.2, -0.15) is 5.10 Å². The highest BCUT2D eigenvalue weighted by molar-refractivity contribution is 5.59. The Labute approximate surface area is 147 Å². The fourth-order valence-electron chi connectivity index (χ4n) is 3.55. The molecule has 130 valence electrons. The van der Waals surface area contributed by atoms with Gasteiger partial charge in [0.2, 0.25) is 0 Å². The lowest BCUT2D eigenvalue weighted by molar-refractivity contribution is -0.0604. The van der Waals surface area contributed by atoms with Gasteiger partial charge in [0.15, 0.2) is 5.82 Å². The highest BCUT2D eigenvalue weighted by atomic mass is 16.5. The molecule has 0 saturated carbocycles. The Morgan fingerprint density at radius 2 is 2.20 bits per heavy atom. The van der Waals surface area contributed by atoms with Gasteiger partial charge in [0.1, 0.15) is 11.6 Å². The number of hydrogen-bond acceptors (Lipinski definition) is 4. The van der Waals surface area contributed by atoms with Crippen molar-refractivity contribution >= 4 is 0 Å². The molecule has 1 aliphatic rings. The van der Waals surface area contributed by atoms with Crippen LogP contribution < -0.4 is 0 Å². The molecular formula is C19H23N5O. The standard InChI is InChI=1S/C19H23N5O/c1-13-21-17(23-22-13)14-5-4-6-16(11-14)24-9-8-20-18(24)15-7-10-25-19(2,3)12-15/h4-6,8-9,11,15H,7,10,12H2,1-3H3,(H,21,22,23)/t15-/m0/s1. The van der Waals surface area contributed by atoms with Crippen LogP contribution in [-0.2, 0) is 4.74 Å². The number of aromatic amines is 1. The summed E-state index contributed by atoms with van der Waals surface area (Å²) in [6.07, 6.45) is 5.88. The molecule has 1 N–H and O–H groups in total. The van der Waals surface area contributed by atoms with Gasteiger partial charge in [0.05, 0.1) is 5.60 Å². The number of rotatable bonds is 3. The lowest BCUT2D eigenvalue weighted by Crippen LogP contribution is -2.33. The normalized spacial score (nSPS) is 19.9. The second kappa shape index (κ2) is 6.11. The van der Waals surface area contributed by atoms with Crippen molar-refractivity contribution in [3.8, 4) is 17.1 Å². The molecule has 0 spiro atoms. The van der Waals surface area contributed by atoms with E-state index in [1.807, 2.05) is 31.5 Å². The van der Waals surface area contributed by atoms with E-state index >= 15 is 0 Å². The number of hydrogen-bond donors (Lipinski definition) is 1. The first-order valence-electron chi connectivity index (χ1n) is 8.69. The van der Waals surface area contributed by atoms with Gasteiger partial charge in [-0.25, -0.2) is 9.97 Å². The summed E-state index contributed by atoms with van der Waals surface area (Å²) >= 11 is 0. The number of nitrogens with zero attached hydrogens (tertiary/aromatic N) is 4. The van der Waals surface area contributed by atoms with E-state index in [9.17, 15) is 0 Å². The summed E-state index contributed by atoms with van der Waals surface area (Å²) in [5.41, 5.74) is 1.98. The Hall–Kier alpha value is -2.47. The van der Waals surface area contributed by atoms with Crippen molar-refractivity contribution < 1.29 is 4.74 Å². The second-order valence-electron chi connectivity index (χ2n) is 7.25. The summed E-state index contributed by atoms with van der Waals surface area (Å²) in [4.78, 5) is 9.08. The van der Waals surface area contributed by atoms with Crippen molar-refractivity contribution in [1.29, 1.82) is 0 Å². The van der Waals surface area contributed by atoms with Crippen LogP contribution in [0.1, 0.15) is 44.3 Å². The lowest BCUT2D eigenvalue weighted by atomic mass is 9.87. The molecule has 0 unspecified atom stereocenters. The van der Waals surface area contributed by atoms with Crippen LogP contribution in [0.5, 0.6) is 0 Å². The molecule has 0 radical (unpaired) electrons. The van der Waals surface area contributed by atoms with E-state index in [1.165, 1.54) is 0 Å². The molecule has 4 rings (SSSR count). The maximum absolute atomic E-state index is 5.86. The highest BCUT2D eigenvalue weighted by Gasteiger charge is 2.32. The zero-order chi connectivity index (χ0) is 17.4. The predicted molar refractivity (Wildman–Crippen MR) is 95.7 cm³/mol. The van der Waals surface area contributed by atoms with Crippen molar-refractivity contribution in [2.75, 3.05) is 6.61 Å². The van der Waals surface area contributed by atoms with E-state index in [1.54, 1.807) is 0 Å². The minimum atomic E-state index is -0.0992. The van der Waals surface area contributed by atoms with Crippen LogP contribution in [0.2, 0.25) is 0 Å². The molecule has 25 heavy (non-hydrogen) atoms. The summed E-state index contributed by atoms with van der Waals surface area (Å²) in [5, 5.41) is 7.16. The van der Waals surface area contributed by atoms with Crippen LogP contribution in [0.15, 0.2) is 36.7 Å². The average molecular weight is 337 g/mol. The topological polar surface area (TPSA) is 68.6 Å². The van der Waals surface area contributed by atoms with Crippen molar-refractivity contribution in [3.63, 3.8) is 0 Å². The third kappa shape index (κ3) is 3.22. The van der Waals surface area contributed by atoms with Gasteiger partial charge in [-0.3, -0.25) is 5.10 Å². The van der Waals surface area contributed by atoms with Gasteiger partial charge in [0.25, 0.3) is 0 Å². The SMILES string of the molecule is Cc1nc(-c2cccc(-n3ccnc3[C@H]3CCOC(C)(C)C3)c2)n[nH]1. The maximum Gasteiger partial charge on any atom is 0.181 e. The zero-order valence-corrected chi connectivity index (χ0v) is 14.9. The van der Waals surface area contributed by atoms with Gasteiger partial charge in [-0.05, 0) is 45.7 Å². The summed E-state index contributed by atoms with van der Waals surface area (Å²) in [6, 6.07) is 8.27. The van der Waals surface area contributed by atoms with Crippen LogP contribution in [0, 0.1) is 6.92 Å². The quantitative estimate of drug-likeness (QED) is 0.792. The minimum absolute atomic E-state index is 0.0992. The van der Waals surface area contributed by atoms with Gasteiger partial charge in [-0.1, -0.05) is 12.1 Å². The first-order chi connectivity index (χ1) is 12.0. The van der Waals surface area contributed by atoms with E-state index < -0.39 is 0 Å². The summed E-state index contributed by atoms with van der Waals surface area (Å²) in [5.74, 6) is 3.02. The molecular weight excluding hydrogens is 314 g/mol. The van der Waals surface area contributed by atoms with Gasteiger partial charge < -0.3 is 9.30 Å². The van der Waals surface area contributed by atoms with Crippen molar-refractivity contribution in [3.05, 3.63) is 48.3 Å². The van der Waals surface area contributed by atoms with E-state index in [4.69, 9.17) is 4.74 Å². The van der Waals surface area contributed by atoms with Crippen molar-refractivity contribution in [2.45, 2.75) is 45.1 Å². The third-order valence-corrected chi connectivity index (χ3v) is 4.71. The number of nitrogens with one attached hydrogen (secondary N) is 1. The van der Waals surface area contributed by atoms with Crippen LogP contribution in [0.3, 0.4) is 0 Å². The Kier molecular flexibility index (Phi) is 3.92. The molecule has 6 nitrogen and oxygen atoms in total. The van der Waals surface area contributed by atoms with E-state index in [2.05, 4.69) is 50.7 Å². The molecule has 1 saturated heterocycles. The third-order valence-electron chi connectivity index (χ3n) is 4.71. The minimum Gasteiger partial charge on any atom is -0.376 e. The fraction of sp³-hybridized carbons (Fsp3) is 0.421. The summed E-state index contributed by atoms with van der Waals surface area (Å²) in [7, 11) is 0. The molecule has 0 bridgehead atoms. The molecule has 0 aliphatic carbocycles. The smallest absolute Gasteiger partial charge is 0.181 e. The molecule has 3 heterocycles. The molecule has 1 aliphatic heterocycles. The molecule has 1 atom stereocenters. The highest BCUT2D eigenvalue weighted by Crippen LogP contribution is 2.35. The molecule has 1 aromatic carbocycles. The van der Waals surface area contributed by atoms with Gasteiger partial charge >= 0.3 is 0 Å². The van der Waals surface area contributed by atoms with Crippen molar-refractivity contribution in [1.82, 2.24) is 24.7 Å². The Balaban J connectivity index is 1.69. The number of imidazole rings is 1. The van der Waals surface area contributed by atoms with E-state index in [0.717, 1.165) is 42.3 Å². The number of aryl methyl sites for hydroxylation is 1. The molecule has 1 fully saturated rings. The van der Waals surface area contributed by atoms with Crippen LogP contribution in [-0.4, -0.2) is 36.9 Å². The Morgan fingerprint density at radius 1 is 1.32 bits per heavy atom. The van der Waals surface area contributed by atoms with Gasteiger partial charge in [0, 0.05) is 36.2 Å². The summed E-state index contributed by atoms with van der Waals surface area (Å²) < 4.78 is 8.04.